The van der Waals surface area contributed by atoms with Crippen LogP contribution < -0.4 is 10.1 Å². The summed E-state index contributed by atoms with van der Waals surface area (Å²) in [5, 5.41) is 3.58. The Balaban J connectivity index is 1.81. The van der Waals surface area contributed by atoms with Gasteiger partial charge < -0.3 is 15.0 Å². The van der Waals surface area contributed by atoms with Crippen LogP contribution in [0.15, 0.2) is 42.5 Å². The molecule has 0 aliphatic carbocycles. The molecule has 2 rings (SSSR count). The first kappa shape index (κ1) is 17.2. The molecule has 0 saturated carbocycles. The highest BCUT2D eigenvalue weighted by Crippen LogP contribution is 2.17. The monoisotopic (exact) mass is 332 g/mol. The zero-order valence-electron chi connectivity index (χ0n) is 13.6. The summed E-state index contributed by atoms with van der Waals surface area (Å²) < 4.78 is 5.59. The van der Waals surface area contributed by atoms with E-state index in [2.05, 4.69) is 5.32 Å². The number of rotatable bonds is 5. The Morgan fingerprint density at radius 1 is 1.17 bits per heavy atom. The Labute approximate surface area is 142 Å². The number of likely N-dealkylation sites (N-methyl/N-ethyl adjacent to an activating group) is 1. The van der Waals surface area contributed by atoms with E-state index in [-0.39, 0.29) is 6.03 Å². The summed E-state index contributed by atoms with van der Waals surface area (Å²) in [7, 11) is 1.74. The molecule has 0 saturated heterocycles. The SMILES string of the molecule is Cc1ccc(NC(=O)N(C)CCOc2ccc(Cl)cc2)c(C)c1. The number of hydrogen-bond donors (Lipinski definition) is 1. The summed E-state index contributed by atoms with van der Waals surface area (Å²) in [4.78, 5) is 13.8. The van der Waals surface area contributed by atoms with Gasteiger partial charge >= 0.3 is 6.03 Å². The number of anilines is 1. The van der Waals surface area contributed by atoms with E-state index in [1.165, 1.54) is 5.56 Å². The van der Waals surface area contributed by atoms with Crippen LogP contribution in [0.5, 0.6) is 5.75 Å². The zero-order valence-corrected chi connectivity index (χ0v) is 14.4. The lowest BCUT2D eigenvalue weighted by atomic mass is 10.1. The van der Waals surface area contributed by atoms with Crippen LogP contribution in [0.25, 0.3) is 0 Å². The van der Waals surface area contributed by atoms with Crippen LogP contribution >= 0.6 is 11.6 Å². The molecule has 5 heteroatoms. The van der Waals surface area contributed by atoms with Crippen LogP contribution in [0.2, 0.25) is 5.02 Å². The molecule has 0 heterocycles. The van der Waals surface area contributed by atoms with Gasteiger partial charge in [-0.05, 0) is 49.7 Å². The summed E-state index contributed by atoms with van der Waals surface area (Å²) in [6, 6.07) is 12.9. The minimum atomic E-state index is -0.156. The van der Waals surface area contributed by atoms with E-state index in [4.69, 9.17) is 16.3 Å². The number of amides is 2. The third kappa shape index (κ3) is 5.18. The van der Waals surface area contributed by atoms with Crippen LogP contribution in [-0.4, -0.2) is 31.1 Å². The fourth-order valence-electron chi connectivity index (χ4n) is 2.10. The lowest BCUT2D eigenvalue weighted by molar-refractivity contribution is 0.207. The predicted octanol–water partition coefficient (Wildman–Crippen LogP) is 4.50. The van der Waals surface area contributed by atoms with Crippen LogP contribution in [0.3, 0.4) is 0 Å². The maximum Gasteiger partial charge on any atom is 0.321 e. The minimum Gasteiger partial charge on any atom is -0.492 e. The molecule has 0 unspecified atom stereocenters. The molecule has 0 aliphatic heterocycles. The van der Waals surface area contributed by atoms with Crippen molar-refractivity contribution < 1.29 is 9.53 Å². The van der Waals surface area contributed by atoms with Crippen LogP contribution in [-0.2, 0) is 0 Å². The van der Waals surface area contributed by atoms with Crippen molar-refractivity contribution in [2.24, 2.45) is 0 Å². The number of benzene rings is 2. The van der Waals surface area contributed by atoms with Gasteiger partial charge in [0.05, 0.1) is 6.54 Å². The summed E-state index contributed by atoms with van der Waals surface area (Å²) in [5.74, 6) is 0.734. The molecule has 0 spiro atoms. The average Bonchev–Trinajstić information content (AvgIpc) is 2.51. The number of hydrogen-bond acceptors (Lipinski definition) is 2. The molecule has 0 bridgehead atoms. The third-order valence-electron chi connectivity index (χ3n) is 3.48. The maximum atomic E-state index is 12.2. The van der Waals surface area contributed by atoms with Crippen molar-refractivity contribution in [1.29, 1.82) is 0 Å². The Hall–Kier alpha value is -2.20. The first-order valence-corrected chi connectivity index (χ1v) is 7.81. The van der Waals surface area contributed by atoms with Crippen molar-refractivity contribution in [3.05, 3.63) is 58.6 Å². The van der Waals surface area contributed by atoms with Crippen molar-refractivity contribution in [3.63, 3.8) is 0 Å². The highest BCUT2D eigenvalue weighted by atomic mass is 35.5. The first-order valence-electron chi connectivity index (χ1n) is 7.43. The molecule has 23 heavy (non-hydrogen) atoms. The second kappa shape index (κ2) is 7.88. The number of carbonyl (C=O) groups excluding carboxylic acids is 1. The molecule has 1 N–H and O–H groups in total. The van der Waals surface area contributed by atoms with Gasteiger partial charge in [-0.3, -0.25) is 0 Å². The molecule has 0 aliphatic rings. The van der Waals surface area contributed by atoms with Gasteiger partial charge in [0.25, 0.3) is 0 Å². The van der Waals surface area contributed by atoms with Crippen LogP contribution in [0, 0.1) is 13.8 Å². The first-order chi connectivity index (χ1) is 11.0. The summed E-state index contributed by atoms with van der Waals surface area (Å²) >= 11 is 5.82. The van der Waals surface area contributed by atoms with Crippen molar-refractivity contribution in [2.75, 3.05) is 25.5 Å². The number of carbonyl (C=O) groups is 1. The number of nitrogens with one attached hydrogen (secondary N) is 1. The number of halogens is 1. The van der Waals surface area contributed by atoms with Gasteiger partial charge in [0.15, 0.2) is 0 Å². The Bertz CT molecular complexity index is 671. The van der Waals surface area contributed by atoms with Crippen LogP contribution in [0.4, 0.5) is 10.5 Å². The van der Waals surface area contributed by atoms with E-state index in [9.17, 15) is 4.79 Å². The molecule has 0 atom stereocenters. The molecular weight excluding hydrogens is 312 g/mol. The van der Waals surface area contributed by atoms with Gasteiger partial charge in [0.1, 0.15) is 12.4 Å². The minimum absolute atomic E-state index is 0.156. The highest BCUT2D eigenvalue weighted by Gasteiger charge is 2.10. The molecule has 4 nitrogen and oxygen atoms in total. The number of urea groups is 1. The van der Waals surface area contributed by atoms with E-state index < -0.39 is 0 Å². The average molecular weight is 333 g/mol. The molecule has 0 fully saturated rings. The third-order valence-corrected chi connectivity index (χ3v) is 3.73. The van der Waals surface area contributed by atoms with Gasteiger partial charge in [-0.2, -0.15) is 0 Å². The second-order valence-electron chi connectivity index (χ2n) is 5.47. The predicted molar refractivity (Wildman–Crippen MR) is 94.5 cm³/mol. The smallest absolute Gasteiger partial charge is 0.321 e. The number of ether oxygens (including phenoxy) is 1. The number of aryl methyl sites for hydroxylation is 2. The van der Waals surface area contributed by atoms with Crippen molar-refractivity contribution in [2.45, 2.75) is 13.8 Å². The van der Waals surface area contributed by atoms with Gasteiger partial charge in [0.2, 0.25) is 0 Å². The van der Waals surface area contributed by atoms with Crippen molar-refractivity contribution in [1.82, 2.24) is 4.90 Å². The lowest BCUT2D eigenvalue weighted by Gasteiger charge is -2.19. The van der Waals surface area contributed by atoms with E-state index in [1.807, 2.05) is 32.0 Å². The number of nitrogens with zero attached hydrogens (tertiary/aromatic N) is 1. The Morgan fingerprint density at radius 2 is 1.87 bits per heavy atom. The highest BCUT2D eigenvalue weighted by molar-refractivity contribution is 6.30. The van der Waals surface area contributed by atoms with Gasteiger partial charge in [-0.15, -0.1) is 0 Å². The van der Waals surface area contributed by atoms with E-state index in [0.29, 0.717) is 18.2 Å². The topological polar surface area (TPSA) is 41.6 Å². The quantitative estimate of drug-likeness (QED) is 0.875. The molecule has 2 aromatic rings. The van der Waals surface area contributed by atoms with E-state index in [0.717, 1.165) is 17.0 Å². The maximum absolute atomic E-state index is 12.2. The van der Waals surface area contributed by atoms with Crippen molar-refractivity contribution >= 4 is 23.3 Å². The molecule has 0 radical (unpaired) electrons. The van der Waals surface area contributed by atoms with Crippen molar-refractivity contribution in [3.8, 4) is 5.75 Å². The normalized spacial score (nSPS) is 10.3. The Morgan fingerprint density at radius 3 is 2.52 bits per heavy atom. The molecule has 2 aromatic carbocycles. The zero-order chi connectivity index (χ0) is 16.8. The molecular formula is C18H21ClN2O2. The summed E-state index contributed by atoms with van der Waals surface area (Å²) in [6.07, 6.45) is 0. The van der Waals surface area contributed by atoms with Gasteiger partial charge in [-0.1, -0.05) is 29.3 Å². The van der Waals surface area contributed by atoms with E-state index in [1.54, 1.807) is 36.2 Å². The van der Waals surface area contributed by atoms with Crippen LogP contribution in [0.1, 0.15) is 11.1 Å². The lowest BCUT2D eigenvalue weighted by Crippen LogP contribution is -2.34. The van der Waals surface area contributed by atoms with Gasteiger partial charge in [-0.25, -0.2) is 4.79 Å². The standard InChI is InChI=1S/C18H21ClN2O2/c1-13-4-9-17(14(2)12-13)20-18(22)21(3)10-11-23-16-7-5-15(19)6-8-16/h4-9,12H,10-11H2,1-3H3,(H,20,22). The van der Waals surface area contributed by atoms with E-state index >= 15 is 0 Å². The van der Waals surface area contributed by atoms with Gasteiger partial charge in [0, 0.05) is 17.8 Å². The molecule has 122 valence electrons. The fourth-order valence-corrected chi connectivity index (χ4v) is 2.22. The molecule has 2 amide bonds. The summed E-state index contributed by atoms with van der Waals surface area (Å²) in [6.45, 7) is 4.91. The fraction of sp³-hybridized carbons (Fsp3) is 0.278. The Kier molecular flexibility index (Phi) is 5.88. The molecule has 0 aromatic heterocycles. The second-order valence-corrected chi connectivity index (χ2v) is 5.91. The largest absolute Gasteiger partial charge is 0.492 e. The summed E-state index contributed by atoms with van der Waals surface area (Å²) in [5.41, 5.74) is 3.04.